The Hall–Kier alpha value is -1.66. The van der Waals surface area contributed by atoms with E-state index >= 15 is 0 Å². The number of thioether (sulfide) groups is 1. The Balaban J connectivity index is 2.29. The maximum atomic E-state index is 14.3. The molecule has 0 aliphatic carbocycles. The average molecular weight is 519 g/mol. The van der Waals surface area contributed by atoms with E-state index in [4.69, 9.17) is 4.74 Å². The molecule has 0 aliphatic rings. The first-order valence-corrected chi connectivity index (χ1v) is 11.0. The number of thiazole rings is 1. The molecule has 0 bridgehead atoms. The predicted octanol–water partition coefficient (Wildman–Crippen LogP) is 4.38. The van der Waals surface area contributed by atoms with Crippen molar-refractivity contribution < 1.29 is 13.9 Å². The van der Waals surface area contributed by atoms with Gasteiger partial charge in [0.25, 0.3) is 5.56 Å². The van der Waals surface area contributed by atoms with Crippen molar-refractivity contribution in [3.63, 3.8) is 0 Å². The molecule has 1 aromatic carbocycles. The summed E-state index contributed by atoms with van der Waals surface area (Å²) in [7, 11) is 1.52. The number of nitrogens with one attached hydrogen (secondary N) is 1. The standard InChI is InChI=1S/C17H15FIN3O3S2/c1-4-25-16(24)11-12-13(27-17(21-12)26-3)15(23)22(2)14(11)20-10-6-5-8(19)7-9(10)18/h5-7,20H,4H2,1-3H3. The monoisotopic (exact) mass is 519 g/mol. The van der Waals surface area contributed by atoms with E-state index in [0.29, 0.717) is 9.04 Å². The Bertz CT molecular complexity index is 1100. The molecule has 6 nitrogen and oxygen atoms in total. The van der Waals surface area contributed by atoms with Gasteiger partial charge >= 0.3 is 5.97 Å². The summed E-state index contributed by atoms with van der Waals surface area (Å²) in [6, 6.07) is 4.63. The van der Waals surface area contributed by atoms with Gasteiger partial charge in [-0.15, -0.1) is 11.3 Å². The van der Waals surface area contributed by atoms with Gasteiger partial charge in [0.1, 0.15) is 27.4 Å². The zero-order chi connectivity index (χ0) is 19.7. The van der Waals surface area contributed by atoms with Crippen molar-refractivity contribution in [3.05, 3.63) is 43.5 Å². The highest BCUT2D eigenvalue weighted by Crippen LogP contribution is 2.33. The molecule has 27 heavy (non-hydrogen) atoms. The van der Waals surface area contributed by atoms with E-state index in [9.17, 15) is 14.0 Å². The van der Waals surface area contributed by atoms with Crippen LogP contribution in [0.5, 0.6) is 0 Å². The third-order valence-electron chi connectivity index (χ3n) is 3.75. The molecule has 2 aromatic heterocycles. The van der Waals surface area contributed by atoms with Crippen LogP contribution < -0.4 is 10.9 Å². The van der Waals surface area contributed by atoms with E-state index in [1.165, 1.54) is 40.8 Å². The van der Waals surface area contributed by atoms with Crippen LogP contribution in [-0.2, 0) is 11.8 Å². The van der Waals surface area contributed by atoms with Crippen LogP contribution in [0.15, 0.2) is 27.3 Å². The molecule has 2 heterocycles. The largest absolute Gasteiger partial charge is 0.462 e. The zero-order valence-electron chi connectivity index (χ0n) is 14.6. The first-order chi connectivity index (χ1) is 12.9. The molecule has 0 aliphatic heterocycles. The molecule has 0 saturated carbocycles. The lowest BCUT2D eigenvalue weighted by atomic mass is 10.2. The van der Waals surface area contributed by atoms with Crippen molar-refractivity contribution in [1.82, 2.24) is 9.55 Å². The van der Waals surface area contributed by atoms with Gasteiger partial charge in [0.05, 0.1) is 12.3 Å². The van der Waals surface area contributed by atoms with Gasteiger partial charge in [-0.2, -0.15) is 0 Å². The average Bonchev–Trinajstić information content (AvgIpc) is 3.06. The number of hydrogen-bond donors (Lipinski definition) is 1. The van der Waals surface area contributed by atoms with E-state index in [1.54, 1.807) is 19.1 Å². The number of benzene rings is 1. The van der Waals surface area contributed by atoms with Gasteiger partial charge in [-0.05, 0) is 54.0 Å². The number of esters is 1. The second kappa shape index (κ2) is 8.15. The second-order valence-electron chi connectivity index (χ2n) is 5.42. The van der Waals surface area contributed by atoms with Crippen LogP contribution in [0, 0.1) is 9.39 Å². The molecule has 0 spiro atoms. The number of nitrogens with zero attached hydrogens (tertiary/aromatic N) is 2. The van der Waals surface area contributed by atoms with E-state index in [1.807, 2.05) is 28.8 Å². The molecule has 1 N–H and O–H groups in total. The van der Waals surface area contributed by atoms with Crippen molar-refractivity contribution in [2.75, 3.05) is 18.2 Å². The van der Waals surface area contributed by atoms with Crippen LogP contribution in [0.4, 0.5) is 15.9 Å². The number of hydrogen-bond acceptors (Lipinski definition) is 7. The fraction of sp³-hybridized carbons (Fsp3) is 0.235. The smallest absolute Gasteiger partial charge is 0.344 e. The third-order valence-corrected chi connectivity index (χ3v) is 6.45. The minimum Gasteiger partial charge on any atom is -0.462 e. The molecule has 3 rings (SSSR count). The maximum Gasteiger partial charge on any atom is 0.344 e. The number of anilines is 2. The lowest BCUT2D eigenvalue weighted by molar-refractivity contribution is 0.0529. The van der Waals surface area contributed by atoms with Crippen LogP contribution in [0.2, 0.25) is 0 Å². The van der Waals surface area contributed by atoms with Gasteiger partial charge in [0.2, 0.25) is 0 Å². The molecule has 0 amide bonds. The Morgan fingerprint density at radius 2 is 2.22 bits per heavy atom. The van der Waals surface area contributed by atoms with Crippen molar-refractivity contribution in [3.8, 4) is 0 Å². The number of carbonyl (C=O) groups is 1. The number of fused-ring (bicyclic) bond motifs is 1. The highest BCUT2D eigenvalue weighted by molar-refractivity contribution is 14.1. The number of halogens is 2. The lowest BCUT2D eigenvalue weighted by Crippen LogP contribution is -2.23. The Kier molecular flexibility index (Phi) is 6.06. The Morgan fingerprint density at radius 1 is 1.48 bits per heavy atom. The lowest BCUT2D eigenvalue weighted by Gasteiger charge is -2.16. The molecule has 142 valence electrons. The first kappa shape index (κ1) is 20.1. The van der Waals surface area contributed by atoms with Crippen LogP contribution >= 0.6 is 45.7 Å². The van der Waals surface area contributed by atoms with Gasteiger partial charge < -0.3 is 10.1 Å². The summed E-state index contributed by atoms with van der Waals surface area (Å²) in [5.74, 6) is -0.971. The quantitative estimate of drug-likeness (QED) is 0.307. The maximum absolute atomic E-state index is 14.3. The summed E-state index contributed by atoms with van der Waals surface area (Å²) in [6.45, 7) is 1.86. The van der Waals surface area contributed by atoms with Crippen molar-refractivity contribution in [1.29, 1.82) is 0 Å². The molecular formula is C17H15FIN3O3S2. The summed E-state index contributed by atoms with van der Waals surface area (Å²) in [6.07, 6.45) is 1.84. The minimum atomic E-state index is -0.621. The molecule has 3 aromatic rings. The van der Waals surface area contributed by atoms with Gasteiger partial charge in [-0.3, -0.25) is 9.36 Å². The highest BCUT2D eigenvalue weighted by Gasteiger charge is 2.25. The van der Waals surface area contributed by atoms with E-state index in [0.717, 1.165) is 3.57 Å². The van der Waals surface area contributed by atoms with Gasteiger partial charge in [0, 0.05) is 10.6 Å². The van der Waals surface area contributed by atoms with Crippen molar-refractivity contribution in [2.24, 2.45) is 7.05 Å². The normalized spacial score (nSPS) is 11.0. The van der Waals surface area contributed by atoms with Crippen LogP contribution in [0.1, 0.15) is 17.3 Å². The van der Waals surface area contributed by atoms with Gasteiger partial charge in [-0.1, -0.05) is 11.8 Å². The summed E-state index contributed by atoms with van der Waals surface area (Å²) in [5.41, 5.74) is 0.211. The number of aromatic nitrogens is 2. The fourth-order valence-electron chi connectivity index (χ4n) is 2.50. The molecular weight excluding hydrogens is 504 g/mol. The summed E-state index contributed by atoms with van der Waals surface area (Å²) in [5, 5.41) is 2.88. The topological polar surface area (TPSA) is 73.2 Å². The van der Waals surface area contributed by atoms with Crippen molar-refractivity contribution >= 4 is 73.4 Å². The minimum absolute atomic E-state index is 0.114. The Labute approximate surface area is 176 Å². The Morgan fingerprint density at radius 3 is 2.85 bits per heavy atom. The summed E-state index contributed by atoms with van der Waals surface area (Å²) < 4.78 is 22.5. The van der Waals surface area contributed by atoms with E-state index in [2.05, 4.69) is 10.3 Å². The fourth-order valence-corrected chi connectivity index (χ4v) is 4.50. The molecule has 0 radical (unpaired) electrons. The van der Waals surface area contributed by atoms with E-state index < -0.39 is 11.8 Å². The number of carbonyl (C=O) groups excluding carboxylic acids is 1. The van der Waals surface area contributed by atoms with E-state index in [-0.39, 0.29) is 34.8 Å². The van der Waals surface area contributed by atoms with Gasteiger partial charge in [-0.25, -0.2) is 14.2 Å². The van der Waals surface area contributed by atoms with Crippen molar-refractivity contribution in [2.45, 2.75) is 11.3 Å². The first-order valence-electron chi connectivity index (χ1n) is 7.84. The van der Waals surface area contributed by atoms with Crippen LogP contribution in [0.25, 0.3) is 10.2 Å². The second-order valence-corrected chi connectivity index (χ2v) is 8.72. The molecule has 0 unspecified atom stereocenters. The van der Waals surface area contributed by atoms with Crippen LogP contribution in [-0.4, -0.2) is 28.4 Å². The number of ether oxygens (including phenoxy) is 1. The molecule has 0 atom stereocenters. The third kappa shape index (κ3) is 3.83. The number of rotatable bonds is 5. The molecule has 0 saturated heterocycles. The zero-order valence-corrected chi connectivity index (χ0v) is 18.4. The molecule has 10 heteroatoms. The molecule has 0 fully saturated rings. The summed E-state index contributed by atoms with van der Waals surface area (Å²) in [4.78, 5) is 29.8. The predicted molar refractivity (Wildman–Crippen MR) is 115 cm³/mol. The van der Waals surface area contributed by atoms with Gasteiger partial charge in [0.15, 0.2) is 4.34 Å². The number of pyridine rings is 1. The summed E-state index contributed by atoms with van der Waals surface area (Å²) >= 11 is 4.60. The SMILES string of the molecule is CCOC(=O)c1c(Nc2ccc(I)cc2F)n(C)c(=O)c2sc(SC)nc12. The van der Waals surface area contributed by atoms with Crippen LogP contribution in [0.3, 0.4) is 0 Å². The highest BCUT2D eigenvalue weighted by atomic mass is 127.